The van der Waals surface area contributed by atoms with E-state index in [1.165, 1.54) is 4.90 Å². The van der Waals surface area contributed by atoms with Gasteiger partial charge in [0.1, 0.15) is 13.1 Å². The van der Waals surface area contributed by atoms with E-state index < -0.39 is 24.7 Å². The molecule has 3 rings (SSSR count). The second-order valence-corrected chi connectivity index (χ2v) is 6.22. The first-order chi connectivity index (χ1) is 11.7. The Morgan fingerprint density at radius 3 is 2.52 bits per heavy atom. The lowest BCUT2D eigenvalue weighted by atomic mass is 10.0. The number of piperidine rings is 1. The molecule has 0 atom stereocenters. The lowest BCUT2D eigenvalue weighted by Crippen LogP contribution is -2.47. The molecule has 2 fully saturated rings. The van der Waals surface area contributed by atoms with Gasteiger partial charge in [-0.2, -0.15) is 13.2 Å². The Bertz CT molecular complexity index is 673. The summed E-state index contributed by atoms with van der Waals surface area (Å²) in [7, 11) is 0. The number of nitrogens with zero attached hydrogens (tertiary/aromatic N) is 5. The van der Waals surface area contributed by atoms with Crippen molar-refractivity contribution in [2.45, 2.75) is 32.0 Å². The maximum atomic E-state index is 12.5. The maximum absolute atomic E-state index is 12.5. The highest BCUT2D eigenvalue weighted by atomic mass is 19.4. The summed E-state index contributed by atoms with van der Waals surface area (Å²) in [6.45, 7) is 1.19. The van der Waals surface area contributed by atoms with Gasteiger partial charge in [0.15, 0.2) is 0 Å². The molecule has 2 aliphatic rings. The van der Waals surface area contributed by atoms with Crippen LogP contribution in [-0.4, -0.2) is 70.1 Å². The number of imide groups is 1. The van der Waals surface area contributed by atoms with Gasteiger partial charge in [0.05, 0.1) is 0 Å². The van der Waals surface area contributed by atoms with Crippen LogP contribution in [-0.2, 0) is 4.79 Å². The SMILES string of the molecule is Cc1ccnc(N2CCC(N3CC(=O)N(CC(F)(F)F)C3=O)CC2)n1. The molecule has 2 aliphatic heterocycles. The zero-order valence-corrected chi connectivity index (χ0v) is 13.7. The third-order valence-corrected chi connectivity index (χ3v) is 4.39. The lowest BCUT2D eigenvalue weighted by molar-refractivity contribution is -0.151. The highest BCUT2D eigenvalue weighted by Crippen LogP contribution is 2.26. The van der Waals surface area contributed by atoms with Gasteiger partial charge in [0.2, 0.25) is 5.95 Å². The molecule has 0 unspecified atom stereocenters. The van der Waals surface area contributed by atoms with Gasteiger partial charge in [-0.3, -0.25) is 9.69 Å². The van der Waals surface area contributed by atoms with E-state index in [9.17, 15) is 22.8 Å². The minimum Gasteiger partial charge on any atom is -0.341 e. The monoisotopic (exact) mass is 357 g/mol. The average molecular weight is 357 g/mol. The van der Waals surface area contributed by atoms with Crippen molar-refractivity contribution in [2.24, 2.45) is 0 Å². The highest BCUT2D eigenvalue weighted by molar-refractivity contribution is 6.02. The Kier molecular flexibility index (Phi) is 4.53. The summed E-state index contributed by atoms with van der Waals surface area (Å²) in [5.74, 6) is -0.201. The number of amides is 3. The van der Waals surface area contributed by atoms with Gasteiger partial charge in [-0.05, 0) is 25.8 Å². The molecule has 25 heavy (non-hydrogen) atoms. The molecular weight excluding hydrogens is 339 g/mol. The van der Waals surface area contributed by atoms with E-state index in [4.69, 9.17) is 0 Å². The first-order valence-corrected chi connectivity index (χ1v) is 7.97. The molecule has 136 valence electrons. The zero-order valence-electron chi connectivity index (χ0n) is 13.7. The Hall–Kier alpha value is -2.39. The molecule has 10 heteroatoms. The van der Waals surface area contributed by atoms with E-state index in [0.717, 1.165) is 5.69 Å². The highest BCUT2D eigenvalue weighted by Gasteiger charge is 2.45. The van der Waals surface area contributed by atoms with Crippen molar-refractivity contribution in [2.75, 3.05) is 31.1 Å². The number of carbonyl (C=O) groups is 2. The van der Waals surface area contributed by atoms with Gasteiger partial charge >= 0.3 is 12.2 Å². The van der Waals surface area contributed by atoms with Gasteiger partial charge in [-0.1, -0.05) is 0 Å². The molecule has 0 N–H and O–H groups in total. The van der Waals surface area contributed by atoms with E-state index in [0.29, 0.717) is 31.9 Å². The molecule has 3 heterocycles. The van der Waals surface area contributed by atoms with Crippen LogP contribution in [0.4, 0.5) is 23.9 Å². The Balaban J connectivity index is 1.61. The maximum Gasteiger partial charge on any atom is 0.406 e. The molecule has 2 saturated heterocycles. The van der Waals surface area contributed by atoms with Gasteiger partial charge in [-0.15, -0.1) is 0 Å². The van der Waals surface area contributed by atoms with Crippen LogP contribution in [0.5, 0.6) is 0 Å². The minimum absolute atomic E-state index is 0.254. The van der Waals surface area contributed by atoms with Gasteiger partial charge < -0.3 is 9.80 Å². The van der Waals surface area contributed by atoms with Crippen LogP contribution in [0.3, 0.4) is 0 Å². The number of aryl methyl sites for hydroxylation is 1. The Morgan fingerprint density at radius 2 is 1.92 bits per heavy atom. The van der Waals surface area contributed by atoms with Crippen LogP contribution in [0.15, 0.2) is 12.3 Å². The number of hydrogen-bond acceptors (Lipinski definition) is 5. The summed E-state index contributed by atoms with van der Waals surface area (Å²) >= 11 is 0. The normalized spacial score (nSPS) is 19.9. The molecule has 0 spiro atoms. The molecule has 0 aliphatic carbocycles. The number of rotatable bonds is 3. The second-order valence-electron chi connectivity index (χ2n) is 6.22. The summed E-state index contributed by atoms with van der Waals surface area (Å²) in [4.78, 5) is 36.0. The van der Waals surface area contributed by atoms with Crippen molar-refractivity contribution in [3.8, 4) is 0 Å². The zero-order chi connectivity index (χ0) is 18.2. The second kappa shape index (κ2) is 6.49. The summed E-state index contributed by atoms with van der Waals surface area (Å²) in [5.41, 5.74) is 0.843. The molecule has 3 amide bonds. The number of carbonyl (C=O) groups excluding carboxylic acids is 2. The predicted octanol–water partition coefficient (Wildman–Crippen LogP) is 1.58. The Morgan fingerprint density at radius 1 is 1.24 bits per heavy atom. The third-order valence-electron chi connectivity index (χ3n) is 4.39. The smallest absolute Gasteiger partial charge is 0.341 e. The topological polar surface area (TPSA) is 69.6 Å². The number of alkyl halides is 3. The molecule has 0 saturated carbocycles. The van der Waals surface area contributed by atoms with Crippen molar-refractivity contribution in [1.29, 1.82) is 0 Å². The van der Waals surface area contributed by atoms with Crippen molar-refractivity contribution >= 4 is 17.9 Å². The van der Waals surface area contributed by atoms with Crippen LogP contribution in [0.25, 0.3) is 0 Å². The van der Waals surface area contributed by atoms with Crippen LogP contribution in [0.2, 0.25) is 0 Å². The standard InChI is InChI=1S/C15H18F3N5O2/c1-10-2-5-19-13(20-10)21-6-3-11(4-7-21)22-8-12(24)23(14(22)25)9-15(16,17)18/h2,5,11H,3-4,6-9H2,1H3. The molecule has 0 aromatic carbocycles. The fourth-order valence-electron chi connectivity index (χ4n) is 3.15. The molecule has 0 radical (unpaired) electrons. The quantitative estimate of drug-likeness (QED) is 0.769. The van der Waals surface area contributed by atoms with Gasteiger partial charge in [0.25, 0.3) is 5.91 Å². The van der Waals surface area contributed by atoms with Crippen LogP contribution in [0, 0.1) is 6.92 Å². The van der Waals surface area contributed by atoms with E-state index in [1.807, 2.05) is 11.8 Å². The number of urea groups is 1. The molecule has 7 nitrogen and oxygen atoms in total. The predicted molar refractivity (Wildman–Crippen MR) is 81.9 cm³/mol. The molecular formula is C15H18F3N5O2. The number of halogens is 3. The third kappa shape index (κ3) is 3.83. The molecule has 1 aromatic heterocycles. The molecule has 0 bridgehead atoms. The van der Waals surface area contributed by atoms with Gasteiger partial charge in [-0.25, -0.2) is 14.8 Å². The fraction of sp³-hybridized carbons (Fsp3) is 0.600. The van der Waals surface area contributed by atoms with E-state index in [2.05, 4.69) is 9.97 Å². The average Bonchev–Trinajstić information content (AvgIpc) is 2.82. The van der Waals surface area contributed by atoms with Crippen molar-refractivity contribution in [3.05, 3.63) is 18.0 Å². The number of hydrogen-bond donors (Lipinski definition) is 0. The Labute approximate surface area is 142 Å². The largest absolute Gasteiger partial charge is 0.406 e. The van der Waals surface area contributed by atoms with E-state index in [-0.39, 0.29) is 17.5 Å². The summed E-state index contributed by atoms with van der Waals surface area (Å²) < 4.78 is 37.5. The van der Waals surface area contributed by atoms with Crippen molar-refractivity contribution in [1.82, 2.24) is 19.8 Å². The van der Waals surface area contributed by atoms with Crippen molar-refractivity contribution < 1.29 is 22.8 Å². The minimum atomic E-state index is -4.59. The number of aromatic nitrogens is 2. The fourth-order valence-corrected chi connectivity index (χ4v) is 3.15. The van der Waals surface area contributed by atoms with Crippen LogP contribution < -0.4 is 4.90 Å². The summed E-state index contributed by atoms with van der Waals surface area (Å²) in [6, 6.07) is 0.684. The molecule has 1 aromatic rings. The van der Waals surface area contributed by atoms with E-state index >= 15 is 0 Å². The lowest BCUT2D eigenvalue weighted by Gasteiger charge is -2.36. The first kappa shape index (κ1) is 17.4. The summed E-state index contributed by atoms with van der Waals surface area (Å²) in [6.07, 6.45) is -1.82. The van der Waals surface area contributed by atoms with Gasteiger partial charge in [0, 0.05) is 31.0 Å². The van der Waals surface area contributed by atoms with E-state index in [1.54, 1.807) is 12.3 Å². The van der Waals surface area contributed by atoms with Crippen LogP contribution in [0.1, 0.15) is 18.5 Å². The first-order valence-electron chi connectivity index (χ1n) is 7.97. The summed E-state index contributed by atoms with van der Waals surface area (Å²) in [5, 5.41) is 0. The van der Waals surface area contributed by atoms with Crippen molar-refractivity contribution in [3.63, 3.8) is 0 Å². The number of anilines is 1. The van der Waals surface area contributed by atoms with Crippen LogP contribution >= 0.6 is 0 Å².